The van der Waals surface area contributed by atoms with E-state index < -0.39 is 21.5 Å². The molecule has 0 aliphatic carbocycles. The first kappa shape index (κ1) is 22.6. The number of amides is 2. The maximum atomic E-state index is 12.8. The van der Waals surface area contributed by atoms with Gasteiger partial charge in [0.1, 0.15) is 5.75 Å². The highest BCUT2D eigenvalue weighted by Crippen LogP contribution is 2.30. The summed E-state index contributed by atoms with van der Waals surface area (Å²) in [6.45, 7) is 0. The van der Waals surface area contributed by atoms with E-state index in [0.29, 0.717) is 17.6 Å². The highest BCUT2D eigenvalue weighted by molar-refractivity contribution is 7.92. The topological polar surface area (TPSA) is 86.8 Å². The van der Waals surface area contributed by atoms with Crippen LogP contribution in [0.3, 0.4) is 0 Å². The Kier molecular flexibility index (Phi) is 7.12. The van der Waals surface area contributed by atoms with Gasteiger partial charge in [0.05, 0.1) is 4.90 Å². The van der Waals surface area contributed by atoms with E-state index >= 15 is 0 Å². The van der Waals surface area contributed by atoms with Crippen LogP contribution < -0.4 is 5.32 Å². The molecule has 1 N–H and O–H groups in total. The van der Waals surface area contributed by atoms with Crippen molar-refractivity contribution in [3.05, 3.63) is 29.8 Å². The molecule has 2 saturated heterocycles. The van der Waals surface area contributed by atoms with Gasteiger partial charge in [0.2, 0.25) is 5.91 Å². The Balaban J connectivity index is 0.00000280. The van der Waals surface area contributed by atoms with Crippen molar-refractivity contribution in [3.63, 3.8) is 0 Å². The lowest BCUT2D eigenvalue weighted by Gasteiger charge is -2.35. The number of hydrogen-bond donors (Lipinski definition) is 1. The summed E-state index contributed by atoms with van der Waals surface area (Å²) in [6.07, 6.45) is 4.25. The zero-order valence-electron chi connectivity index (χ0n) is 16.4. The number of fused-ring (bicyclic) bond motifs is 2. The summed E-state index contributed by atoms with van der Waals surface area (Å²) in [6, 6.07) is 7.06. The molecule has 0 radical (unpaired) electrons. The Labute approximate surface area is 172 Å². The molecular weight excluding hydrogens is 402 g/mol. The van der Waals surface area contributed by atoms with Crippen LogP contribution in [-0.4, -0.2) is 75.1 Å². The standard InChI is InChI=1S/C19H27N3O4S.ClH/c1-21(2)18(23)12-27(25,26)17-8-4-13(5-9-17)19(24)22(3)16-10-14-6-7-15(11-16)20-14;/h4-5,8-9,14-16,20H,6-7,10-12H2,1-3H3;1H. The van der Waals surface area contributed by atoms with E-state index in [2.05, 4.69) is 5.32 Å². The number of halogens is 1. The monoisotopic (exact) mass is 429 g/mol. The fraction of sp³-hybridized carbons (Fsp3) is 0.579. The van der Waals surface area contributed by atoms with Crippen molar-refractivity contribution in [2.45, 2.75) is 48.7 Å². The van der Waals surface area contributed by atoms with Gasteiger partial charge in [0, 0.05) is 44.8 Å². The molecule has 1 aromatic carbocycles. The van der Waals surface area contributed by atoms with Gasteiger partial charge in [-0.3, -0.25) is 9.59 Å². The Bertz CT molecular complexity index is 814. The fourth-order valence-electron chi connectivity index (χ4n) is 3.89. The van der Waals surface area contributed by atoms with Crippen LogP contribution in [-0.2, 0) is 14.6 Å². The lowest BCUT2D eigenvalue weighted by molar-refractivity contribution is -0.125. The van der Waals surface area contributed by atoms with Crippen LogP contribution >= 0.6 is 12.4 Å². The Morgan fingerprint density at radius 1 is 1.04 bits per heavy atom. The maximum absolute atomic E-state index is 12.8. The molecule has 7 nitrogen and oxygen atoms in total. The minimum absolute atomic E-state index is 0. The summed E-state index contributed by atoms with van der Waals surface area (Å²) in [4.78, 5) is 27.6. The first-order valence-corrected chi connectivity index (χ1v) is 10.9. The van der Waals surface area contributed by atoms with Crippen LogP contribution in [0.1, 0.15) is 36.0 Å². The SMILES string of the molecule is CN(C)C(=O)CS(=O)(=O)c1ccc(C(=O)N(C)C2CC3CCC(C2)N3)cc1.Cl. The van der Waals surface area contributed by atoms with Gasteiger partial charge in [-0.05, 0) is 49.9 Å². The molecule has 0 saturated carbocycles. The molecule has 2 aliphatic heterocycles. The summed E-state index contributed by atoms with van der Waals surface area (Å²) in [5.41, 5.74) is 0.460. The summed E-state index contributed by atoms with van der Waals surface area (Å²) in [5, 5.41) is 3.57. The van der Waals surface area contributed by atoms with Gasteiger partial charge in [-0.15, -0.1) is 12.4 Å². The smallest absolute Gasteiger partial charge is 0.253 e. The van der Waals surface area contributed by atoms with Gasteiger partial charge in [-0.2, -0.15) is 0 Å². The molecule has 2 heterocycles. The zero-order chi connectivity index (χ0) is 19.8. The van der Waals surface area contributed by atoms with Crippen LogP contribution in [0.15, 0.2) is 29.2 Å². The molecule has 2 unspecified atom stereocenters. The minimum Gasteiger partial charge on any atom is -0.348 e. The van der Waals surface area contributed by atoms with Crippen molar-refractivity contribution >= 4 is 34.1 Å². The highest BCUT2D eigenvalue weighted by Gasteiger charge is 2.36. The minimum atomic E-state index is -3.72. The Hall–Kier alpha value is -1.64. The van der Waals surface area contributed by atoms with Crippen LogP contribution in [0.25, 0.3) is 0 Å². The van der Waals surface area contributed by atoms with E-state index in [1.54, 1.807) is 4.90 Å². The average molecular weight is 430 g/mol. The van der Waals surface area contributed by atoms with E-state index in [4.69, 9.17) is 0 Å². The largest absolute Gasteiger partial charge is 0.348 e. The van der Waals surface area contributed by atoms with Crippen LogP contribution in [0.4, 0.5) is 0 Å². The second kappa shape index (κ2) is 8.80. The van der Waals surface area contributed by atoms with Crippen molar-refractivity contribution in [2.24, 2.45) is 0 Å². The van der Waals surface area contributed by atoms with E-state index in [9.17, 15) is 18.0 Å². The molecule has 2 atom stereocenters. The number of carbonyl (C=O) groups is 2. The second-order valence-corrected chi connectivity index (χ2v) is 9.74. The molecule has 2 bridgehead atoms. The van der Waals surface area contributed by atoms with Gasteiger partial charge in [-0.25, -0.2) is 8.42 Å². The van der Waals surface area contributed by atoms with Gasteiger partial charge in [0.25, 0.3) is 5.91 Å². The maximum Gasteiger partial charge on any atom is 0.253 e. The molecule has 0 spiro atoms. The van der Waals surface area contributed by atoms with Crippen molar-refractivity contribution in [2.75, 3.05) is 26.9 Å². The molecular formula is C19H28ClN3O4S. The number of nitrogens with zero attached hydrogens (tertiary/aromatic N) is 2. The Morgan fingerprint density at radius 3 is 2.07 bits per heavy atom. The molecule has 3 rings (SSSR count). The molecule has 0 aromatic heterocycles. The van der Waals surface area contributed by atoms with Crippen LogP contribution in [0.5, 0.6) is 0 Å². The third kappa shape index (κ3) is 4.85. The summed E-state index contributed by atoms with van der Waals surface area (Å²) in [5.74, 6) is -1.16. The number of nitrogens with one attached hydrogen (secondary N) is 1. The number of sulfone groups is 1. The van der Waals surface area contributed by atoms with Gasteiger partial charge >= 0.3 is 0 Å². The quantitative estimate of drug-likeness (QED) is 0.762. The number of benzene rings is 1. The van der Waals surface area contributed by atoms with Crippen molar-refractivity contribution in [1.82, 2.24) is 15.1 Å². The molecule has 156 valence electrons. The number of carbonyl (C=O) groups excluding carboxylic acids is 2. The third-order valence-corrected chi connectivity index (χ3v) is 7.21. The first-order chi connectivity index (χ1) is 12.7. The molecule has 1 aromatic rings. The number of rotatable bonds is 5. The number of hydrogen-bond acceptors (Lipinski definition) is 5. The first-order valence-electron chi connectivity index (χ1n) is 9.23. The fourth-order valence-corrected chi connectivity index (χ4v) is 5.19. The Morgan fingerprint density at radius 2 is 1.57 bits per heavy atom. The predicted molar refractivity (Wildman–Crippen MR) is 109 cm³/mol. The van der Waals surface area contributed by atoms with E-state index in [-0.39, 0.29) is 29.3 Å². The molecule has 2 fully saturated rings. The lowest BCUT2D eigenvalue weighted by atomic mass is 9.98. The van der Waals surface area contributed by atoms with Crippen LogP contribution in [0.2, 0.25) is 0 Å². The molecule has 2 amide bonds. The van der Waals surface area contributed by atoms with Crippen molar-refractivity contribution in [1.29, 1.82) is 0 Å². The van der Waals surface area contributed by atoms with Gasteiger partial charge in [0.15, 0.2) is 9.84 Å². The van der Waals surface area contributed by atoms with Crippen molar-refractivity contribution < 1.29 is 18.0 Å². The molecule has 9 heteroatoms. The second-order valence-electron chi connectivity index (χ2n) is 7.75. The third-order valence-electron chi connectivity index (χ3n) is 5.59. The summed E-state index contributed by atoms with van der Waals surface area (Å²) < 4.78 is 24.7. The number of piperidine rings is 1. The van der Waals surface area contributed by atoms with Crippen LogP contribution in [0, 0.1) is 0 Å². The van der Waals surface area contributed by atoms with E-state index in [0.717, 1.165) is 12.8 Å². The van der Waals surface area contributed by atoms with Gasteiger partial charge in [-0.1, -0.05) is 0 Å². The highest BCUT2D eigenvalue weighted by atomic mass is 35.5. The molecule has 2 aliphatic rings. The van der Waals surface area contributed by atoms with Crippen molar-refractivity contribution in [3.8, 4) is 0 Å². The van der Waals surface area contributed by atoms with Gasteiger partial charge < -0.3 is 15.1 Å². The lowest BCUT2D eigenvalue weighted by Crippen LogP contribution is -2.48. The summed E-state index contributed by atoms with van der Waals surface area (Å²) >= 11 is 0. The average Bonchev–Trinajstić information content (AvgIpc) is 2.97. The summed E-state index contributed by atoms with van der Waals surface area (Å²) in [7, 11) is 1.13. The van der Waals surface area contributed by atoms with E-state index in [1.165, 1.54) is 56.1 Å². The molecule has 28 heavy (non-hydrogen) atoms. The zero-order valence-corrected chi connectivity index (χ0v) is 18.1. The van der Waals surface area contributed by atoms with E-state index in [1.807, 2.05) is 7.05 Å². The predicted octanol–water partition coefficient (Wildman–Crippen LogP) is 1.33. The normalized spacial score (nSPS) is 23.6.